The maximum Gasteiger partial charge on any atom is 4.00 e. The molecular formula is C12H15Cl2NSiTi. The first kappa shape index (κ1) is 22.3. The molecule has 0 saturated carbocycles. The maximum absolute atomic E-state index is 3.18. The van der Waals surface area contributed by atoms with E-state index in [1.54, 1.807) is 0 Å². The second kappa shape index (κ2) is 12.6. The minimum Gasteiger partial charge on any atom is -1.00 e. The topological polar surface area (TPSA) is 15.8 Å². The molecule has 17 heavy (non-hydrogen) atoms. The van der Waals surface area contributed by atoms with E-state index in [0.717, 1.165) is 5.56 Å². The van der Waals surface area contributed by atoms with Gasteiger partial charge in [-0.3, -0.25) is 0 Å². The van der Waals surface area contributed by atoms with E-state index in [1.807, 2.05) is 31.3 Å². The number of hydrogen-bond acceptors (Lipinski definition) is 0. The average molecular weight is 320 g/mol. The molecule has 90 valence electrons. The van der Waals surface area contributed by atoms with E-state index < -0.39 is 0 Å². The van der Waals surface area contributed by atoms with Crippen LogP contribution in [-0.4, -0.2) is 18.6 Å². The van der Waals surface area contributed by atoms with Gasteiger partial charge in [0.1, 0.15) is 0 Å². The summed E-state index contributed by atoms with van der Waals surface area (Å²) in [4.78, 5) is 2.80. The second-order valence-electron chi connectivity index (χ2n) is 3.37. The number of H-pyrrole nitrogens is 1. The van der Waals surface area contributed by atoms with Crippen LogP contribution in [0.1, 0.15) is 5.56 Å². The quantitative estimate of drug-likeness (QED) is 0.378. The summed E-state index contributed by atoms with van der Waals surface area (Å²) in [5.74, 6) is 0. The Morgan fingerprint density at radius 3 is 2.06 bits per heavy atom. The Balaban J connectivity index is -0.000000201. The molecule has 1 aromatic rings. The minimum absolute atomic E-state index is 0. The predicted molar refractivity (Wildman–Crippen MR) is 63.8 cm³/mol. The van der Waals surface area contributed by atoms with Crippen LogP contribution in [0.5, 0.6) is 0 Å². The zero-order valence-electron chi connectivity index (χ0n) is 10.1. The number of aryl methyl sites for hydroxylation is 1. The molecule has 2 rings (SSSR count). The Hall–Kier alpha value is 0.141. The summed E-state index contributed by atoms with van der Waals surface area (Å²) < 4.78 is 0. The van der Waals surface area contributed by atoms with Gasteiger partial charge >= 0.3 is 21.7 Å². The van der Waals surface area contributed by atoms with Crippen LogP contribution in [0.25, 0.3) is 0 Å². The standard InChI is InChI=1S/C7H9Si.C5H6N.2ClH.Ti/c1-8(2)7-5-3-4-6-7;1-5-2-3-6-4-5;;;/h3-5H,1-2H3;2-3,6H,1H3;2*1H;/q2*-1;;;+4/p-2. The molecule has 1 heterocycles. The Kier molecular flexibility index (Phi) is 16.5. The molecule has 0 spiro atoms. The molecule has 1 aromatic heterocycles. The van der Waals surface area contributed by atoms with E-state index in [9.17, 15) is 0 Å². The number of aromatic nitrogens is 1. The van der Waals surface area contributed by atoms with Crippen LogP contribution in [0.15, 0.2) is 30.5 Å². The van der Waals surface area contributed by atoms with E-state index in [0.29, 0.717) is 0 Å². The van der Waals surface area contributed by atoms with Gasteiger partial charge in [0, 0.05) is 0 Å². The van der Waals surface area contributed by atoms with Crippen molar-refractivity contribution in [2.24, 2.45) is 0 Å². The van der Waals surface area contributed by atoms with Crippen molar-refractivity contribution in [3.63, 3.8) is 0 Å². The van der Waals surface area contributed by atoms with Crippen LogP contribution < -0.4 is 24.8 Å². The van der Waals surface area contributed by atoms with Crippen molar-refractivity contribution >= 4 is 13.6 Å². The van der Waals surface area contributed by atoms with Gasteiger partial charge in [0.25, 0.3) is 0 Å². The average Bonchev–Trinajstić information content (AvgIpc) is 2.75. The number of hydrogen-bond donors (Lipinski definition) is 1. The fourth-order valence-corrected chi connectivity index (χ4v) is 1.81. The maximum atomic E-state index is 3.18. The van der Waals surface area contributed by atoms with Crippen LogP contribution in [0.3, 0.4) is 0 Å². The molecule has 0 aromatic carbocycles. The molecule has 0 fully saturated rings. The monoisotopic (exact) mass is 319 g/mol. The molecule has 0 radical (unpaired) electrons. The molecule has 0 unspecified atom stereocenters. The van der Waals surface area contributed by atoms with Crippen molar-refractivity contribution in [3.05, 3.63) is 48.3 Å². The van der Waals surface area contributed by atoms with Crippen LogP contribution >= 0.6 is 0 Å². The van der Waals surface area contributed by atoms with Crippen LogP contribution in [0.4, 0.5) is 0 Å². The van der Waals surface area contributed by atoms with Gasteiger partial charge in [-0.2, -0.15) is 35.1 Å². The first-order valence-electron chi connectivity index (χ1n) is 4.65. The predicted octanol–water partition coefficient (Wildman–Crippen LogP) is -3.45. The number of aromatic amines is 1. The number of allylic oxidation sites excluding steroid dienone is 4. The third-order valence-corrected chi connectivity index (χ3v) is 3.21. The van der Waals surface area contributed by atoms with Crippen molar-refractivity contribution in [2.45, 2.75) is 20.0 Å². The first-order chi connectivity index (χ1) is 6.70. The van der Waals surface area contributed by atoms with Crippen molar-refractivity contribution in [1.29, 1.82) is 0 Å². The molecule has 0 saturated heterocycles. The van der Waals surface area contributed by atoms with Crippen molar-refractivity contribution < 1.29 is 46.5 Å². The molecule has 1 aliphatic carbocycles. The molecule has 0 aliphatic heterocycles. The minimum atomic E-state index is -0.225. The van der Waals surface area contributed by atoms with E-state index in [-0.39, 0.29) is 54.9 Å². The number of rotatable bonds is 0. The van der Waals surface area contributed by atoms with Crippen molar-refractivity contribution in [2.75, 3.05) is 0 Å². The summed E-state index contributed by atoms with van der Waals surface area (Å²) in [5, 5.41) is 1.41. The van der Waals surface area contributed by atoms with Crippen molar-refractivity contribution in [3.8, 4) is 0 Å². The first-order valence-corrected chi connectivity index (χ1v) is 7.15. The van der Waals surface area contributed by atoms with Gasteiger partial charge in [0.15, 0.2) is 0 Å². The smallest absolute Gasteiger partial charge is 1.00 e. The van der Waals surface area contributed by atoms with Crippen molar-refractivity contribution in [1.82, 2.24) is 4.98 Å². The van der Waals surface area contributed by atoms with E-state index in [2.05, 4.69) is 36.4 Å². The SMILES string of the molecule is C[Si](C)=C1[C-]=CC=C1.Cc1[c-][nH]cc1.[Cl-].[Cl-].[Ti+4]. The normalized spacial score (nSPS) is 10.4. The fourth-order valence-electron chi connectivity index (χ4n) is 1.01. The van der Waals surface area contributed by atoms with E-state index in [1.165, 1.54) is 5.17 Å². The third-order valence-electron chi connectivity index (χ3n) is 1.82. The van der Waals surface area contributed by atoms with Crippen LogP contribution in [0, 0.1) is 19.2 Å². The van der Waals surface area contributed by atoms with Gasteiger partial charge in [-0.1, -0.05) is 20.0 Å². The van der Waals surface area contributed by atoms with Gasteiger partial charge in [-0.25, -0.2) is 12.2 Å². The molecule has 0 amide bonds. The summed E-state index contributed by atoms with van der Waals surface area (Å²) in [6.07, 6.45) is 14.1. The summed E-state index contributed by atoms with van der Waals surface area (Å²) >= 11 is 0. The Bertz CT molecular complexity index is 352. The molecule has 0 atom stereocenters. The van der Waals surface area contributed by atoms with Gasteiger partial charge < -0.3 is 29.8 Å². The number of nitrogens with one attached hydrogen (secondary N) is 1. The molecule has 1 aliphatic rings. The number of halogens is 2. The molecule has 1 N–H and O–H groups in total. The van der Waals surface area contributed by atoms with Gasteiger partial charge in [0.2, 0.25) is 0 Å². The summed E-state index contributed by atoms with van der Waals surface area (Å²) in [6.45, 7) is 6.55. The summed E-state index contributed by atoms with van der Waals surface area (Å²) in [6, 6.07) is 1.97. The Labute approximate surface area is 133 Å². The summed E-state index contributed by atoms with van der Waals surface area (Å²) in [5.41, 5.74) is 1.16. The molecule has 0 bridgehead atoms. The second-order valence-corrected chi connectivity index (χ2v) is 5.91. The van der Waals surface area contributed by atoms with Crippen LogP contribution in [-0.2, 0) is 21.7 Å². The Morgan fingerprint density at radius 1 is 1.24 bits per heavy atom. The van der Waals surface area contributed by atoms with Gasteiger partial charge in [-0.05, 0) is 8.41 Å². The van der Waals surface area contributed by atoms with Gasteiger partial charge in [-0.15, -0.1) is 6.20 Å². The zero-order valence-corrected chi connectivity index (χ0v) is 14.2. The van der Waals surface area contributed by atoms with Gasteiger partial charge in [0.05, 0.1) is 0 Å². The van der Waals surface area contributed by atoms with Crippen LogP contribution in [0.2, 0.25) is 13.1 Å². The summed E-state index contributed by atoms with van der Waals surface area (Å²) in [7, 11) is -0.225. The Morgan fingerprint density at radius 2 is 1.88 bits per heavy atom. The fraction of sp³-hybridized carbons (Fsp3) is 0.250. The largest absolute Gasteiger partial charge is 4.00 e. The molecule has 5 heteroatoms. The van der Waals surface area contributed by atoms with E-state index >= 15 is 0 Å². The molecule has 1 nitrogen and oxygen atoms in total. The molecular weight excluding hydrogens is 305 g/mol. The van der Waals surface area contributed by atoms with E-state index in [4.69, 9.17) is 0 Å². The third kappa shape index (κ3) is 9.81. The zero-order chi connectivity index (χ0) is 10.4.